The Morgan fingerprint density at radius 2 is 1.88 bits per heavy atom. The van der Waals surface area contributed by atoms with E-state index in [-0.39, 0.29) is 18.3 Å². The lowest BCUT2D eigenvalue weighted by atomic mass is 10.1. The first kappa shape index (κ1) is 21.1. The molecule has 0 fully saturated rings. The Labute approximate surface area is 160 Å². The van der Waals surface area contributed by atoms with Crippen molar-refractivity contribution in [3.05, 3.63) is 58.6 Å². The van der Waals surface area contributed by atoms with Gasteiger partial charge in [0.1, 0.15) is 5.75 Å². The van der Waals surface area contributed by atoms with E-state index >= 15 is 0 Å². The highest BCUT2D eigenvalue weighted by Gasteiger charge is 2.18. The van der Waals surface area contributed by atoms with Crippen molar-refractivity contribution in [2.75, 3.05) is 26.4 Å². The Morgan fingerprint density at radius 3 is 2.52 bits per heavy atom. The topological polar surface area (TPSA) is 55.6 Å². The van der Waals surface area contributed by atoms with Gasteiger partial charge in [0.15, 0.2) is 0 Å². The number of rotatable bonds is 7. The summed E-state index contributed by atoms with van der Waals surface area (Å²) >= 11 is 6.03. The Kier molecular flexibility index (Phi) is 8.59. The SMILES string of the molecule is COc1cc(N)c(Cl)cc1C(=O)N(C)CCCCc1ccccc1.Cl. The quantitative estimate of drug-likeness (QED) is 0.568. The normalized spacial score (nSPS) is 10.0. The highest BCUT2D eigenvalue weighted by atomic mass is 35.5. The minimum Gasteiger partial charge on any atom is -0.496 e. The minimum absolute atomic E-state index is 0. The number of benzene rings is 2. The van der Waals surface area contributed by atoms with Crippen LogP contribution in [0.15, 0.2) is 42.5 Å². The summed E-state index contributed by atoms with van der Waals surface area (Å²) in [6.45, 7) is 0.677. The standard InChI is InChI=1S/C19H23ClN2O2.ClH/c1-22(11-7-6-10-14-8-4-3-5-9-14)19(23)15-12-16(20)17(21)13-18(15)24-2;/h3-5,8-9,12-13H,6-7,10-11,21H2,1-2H3;1H. The number of carbonyl (C=O) groups is 1. The molecule has 0 aliphatic heterocycles. The third kappa shape index (κ3) is 5.83. The molecule has 0 saturated heterocycles. The lowest BCUT2D eigenvalue weighted by Crippen LogP contribution is -2.28. The van der Waals surface area contributed by atoms with Gasteiger partial charge < -0.3 is 15.4 Å². The number of carbonyl (C=O) groups excluding carboxylic acids is 1. The molecule has 0 aromatic heterocycles. The van der Waals surface area contributed by atoms with Crippen molar-refractivity contribution in [2.24, 2.45) is 0 Å². The second kappa shape index (κ2) is 10.2. The van der Waals surface area contributed by atoms with Gasteiger partial charge in [0.2, 0.25) is 0 Å². The second-order valence-corrected chi connectivity index (χ2v) is 6.15. The zero-order valence-electron chi connectivity index (χ0n) is 14.5. The number of unbranched alkanes of at least 4 members (excludes halogenated alkanes) is 1. The molecule has 0 atom stereocenters. The van der Waals surface area contributed by atoms with Crippen molar-refractivity contribution in [3.8, 4) is 5.75 Å². The van der Waals surface area contributed by atoms with Crippen molar-refractivity contribution < 1.29 is 9.53 Å². The zero-order chi connectivity index (χ0) is 17.5. The van der Waals surface area contributed by atoms with Gasteiger partial charge in [-0.2, -0.15) is 0 Å². The molecule has 2 rings (SSSR count). The van der Waals surface area contributed by atoms with E-state index in [1.165, 1.54) is 12.7 Å². The first-order chi connectivity index (χ1) is 11.5. The van der Waals surface area contributed by atoms with Crippen molar-refractivity contribution in [1.29, 1.82) is 0 Å². The molecule has 0 saturated carbocycles. The summed E-state index contributed by atoms with van der Waals surface area (Å²) in [5, 5.41) is 0.358. The molecule has 0 bridgehead atoms. The number of aryl methyl sites for hydroxylation is 1. The lowest BCUT2D eigenvalue weighted by Gasteiger charge is -2.19. The van der Waals surface area contributed by atoms with Gasteiger partial charge in [0, 0.05) is 19.7 Å². The minimum atomic E-state index is -0.117. The van der Waals surface area contributed by atoms with Gasteiger partial charge in [-0.05, 0) is 30.9 Å². The molecule has 0 unspecified atom stereocenters. The first-order valence-electron chi connectivity index (χ1n) is 7.95. The van der Waals surface area contributed by atoms with Gasteiger partial charge in [-0.25, -0.2) is 0 Å². The Hall–Kier alpha value is -1.91. The summed E-state index contributed by atoms with van der Waals surface area (Å²) in [6.07, 6.45) is 2.98. The van der Waals surface area contributed by atoms with Crippen LogP contribution in [-0.4, -0.2) is 31.5 Å². The van der Waals surface area contributed by atoms with E-state index in [1.54, 1.807) is 24.1 Å². The smallest absolute Gasteiger partial charge is 0.257 e. The van der Waals surface area contributed by atoms with Gasteiger partial charge in [0.05, 0.1) is 23.4 Å². The molecule has 6 heteroatoms. The third-order valence-electron chi connectivity index (χ3n) is 3.95. The Morgan fingerprint density at radius 1 is 1.20 bits per heavy atom. The largest absolute Gasteiger partial charge is 0.496 e. The van der Waals surface area contributed by atoms with E-state index in [1.807, 2.05) is 18.2 Å². The van der Waals surface area contributed by atoms with Gasteiger partial charge >= 0.3 is 0 Å². The fraction of sp³-hybridized carbons (Fsp3) is 0.316. The van der Waals surface area contributed by atoms with Crippen LogP contribution in [-0.2, 0) is 6.42 Å². The monoisotopic (exact) mass is 382 g/mol. The Bertz CT molecular complexity index is 693. The van der Waals surface area contributed by atoms with Gasteiger partial charge in [-0.1, -0.05) is 41.9 Å². The number of anilines is 1. The summed E-state index contributed by atoms with van der Waals surface area (Å²) in [7, 11) is 3.30. The van der Waals surface area contributed by atoms with E-state index in [0.717, 1.165) is 19.3 Å². The number of nitrogens with zero attached hydrogens (tertiary/aromatic N) is 1. The fourth-order valence-corrected chi connectivity index (χ4v) is 2.70. The molecule has 0 heterocycles. The predicted octanol–water partition coefficient (Wildman–Crippen LogP) is 4.45. The van der Waals surface area contributed by atoms with Gasteiger partial charge in [-0.3, -0.25) is 4.79 Å². The molecule has 0 radical (unpaired) electrons. The van der Waals surface area contributed by atoms with Crippen LogP contribution in [0.25, 0.3) is 0 Å². The lowest BCUT2D eigenvalue weighted by molar-refractivity contribution is 0.0789. The average Bonchev–Trinajstić information content (AvgIpc) is 2.60. The Balaban J connectivity index is 0.00000312. The number of nitrogens with two attached hydrogens (primary N) is 1. The molecule has 2 aromatic carbocycles. The van der Waals surface area contributed by atoms with Crippen LogP contribution in [0.2, 0.25) is 5.02 Å². The van der Waals surface area contributed by atoms with Gasteiger partial charge in [0.25, 0.3) is 5.91 Å². The number of hydrogen-bond acceptors (Lipinski definition) is 3. The van der Waals surface area contributed by atoms with Crippen LogP contribution in [0.4, 0.5) is 5.69 Å². The van der Waals surface area contributed by atoms with Crippen molar-refractivity contribution in [2.45, 2.75) is 19.3 Å². The molecular weight excluding hydrogens is 359 g/mol. The number of hydrogen-bond donors (Lipinski definition) is 1. The summed E-state index contributed by atoms with van der Waals surface area (Å²) in [6, 6.07) is 13.5. The summed E-state index contributed by atoms with van der Waals surface area (Å²) in [5.41, 5.74) is 7.91. The highest BCUT2D eigenvalue weighted by Crippen LogP contribution is 2.29. The van der Waals surface area contributed by atoms with E-state index < -0.39 is 0 Å². The van der Waals surface area contributed by atoms with Crippen LogP contribution >= 0.6 is 24.0 Å². The molecule has 25 heavy (non-hydrogen) atoms. The maximum absolute atomic E-state index is 12.6. The van der Waals surface area contributed by atoms with E-state index in [4.69, 9.17) is 22.1 Å². The molecule has 0 spiro atoms. The number of halogens is 2. The maximum Gasteiger partial charge on any atom is 0.257 e. The average molecular weight is 383 g/mol. The maximum atomic E-state index is 12.6. The first-order valence-corrected chi connectivity index (χ1v) is 8.33. The summed E-state index contributed by atoms with van der Waals surface area (Å²) in [5.74, 6) is 0.325. The molecule has 1 amide bonds. The van der Waals surface area contributed by atoms with Crippen LogP contribution < -0.4 is 10.5 Å². The molecule has 2 N–H and O–H groups in total. The van der Waals surface area contributed by atoms with Crippen LogP contribution in [0.5, 0.6) is 5.75 Å². The van der Waals surface area contributed by atoms with E-state index in [9.17, 15) is 4.79 Å². The van der Waals surface area contributed by atoms with E-state index in [0.29, 0.717) is 28.6 Å². The number of nitrogen functional groups attached to an aromatic ring is 1. The predicted molar refractivity (Wildman–Crippen MR) is 106 cm³/mol. The van der Waals surface area contributed by atoms with Crippen molar-refractivity contribution in [3.63, 3.8) is 0 Å². The summed E-state index contributed by atoms with van der Waals surface area (Å²) in [4.78, 5) is 14.3. The molecule has 0 aliphatic carbocycles. The van der Waals surface area contributed by atoms with Crippen LogP contribution in [0.3, 0.4) is 0 Å². The van der Waals surface area contributed by atoms with Crippen LogP contribution in [0, 0.1) is 0 Å². The van der Waals surface area contributed by atoms with Crippen molar-refractivity contribution in [1.82, 2.24) is 4.90 Å². The van der Waals surface area contributed by atoms with Crippen LogP contribution in [0.1, 0.15) is 28.8 Å². The van der Waals surface area contributed by atoms with E-state index in [2.05, 4.69) is 12.1 Å². The number of ether oxygens (including phenoxy) is 1. The fourth-order valence-electron chi connectivity index (χ4n) is 2.54. The van der Waals surface area contributed by atoms with Gasteiger partial charge in [-0.15, -0.1) is 12.4 Å². The highest BCUT2D eigenvalue weighted by molar-refractivity contribution is 6.33. The van der Waals surface area contributed by atoms with Crippen molar-refractivity contribution >= 4 is 35.6 Å². The zero-order valence-corrected chi connectivity index (χ0v) is 16.1. The second-order valence-electron chi connectivity index (χ2n) is 5.74. The number of amides is 1. The molecule has 4 nitrogen and oxygen atoms in total. The third-order valence-corrected chi connectivity index (χ3v) is 4.28. The molecule has 2 aromatic rings. The molecule has 136 valence electrons. The molecule has 0 aliphatic rings. The molecular formula is C19H24Cl2N2O2. The summed E-state index contributed by atoms with van der Waals surface area (Å²) < 4.78 is 5.25. The number of methoxy groups -OCH3 is 1.